The van der Waals surface area contributed by atoms with E-state index in [-0.39, 0.29) is 17.7 Å². The minimum atomic E-state index is -0.162. The van der Waals surface area contributed by atoms with Gasteiger partial charge in [-0.3, -0.25) is 24.5 Å². The van der Waals surface area contributed by atoms with Gasteiger partial charge in [0.1, 0.15) is 5.69 Å². The molecule has 0 atom stereocenters. The molecule has 0 radical (unpaired) electrons. The molecule has 4 rings (SSSR count). The van der Waals surface area contributed by atoms with Crippen molar-refractivity contribution in [2.24, 2.45) is 0 Å². The number of hydrogen-bond acceptors (Lipinski definition) is 5. The number of pyridine rings is 1. The third-order valence-corrected chi connectivity index (χ3v) is 5.09. The summed E-state index contributed by atoms with van der Waals surface area (Å²) in [7, 11) is 0. The van der Waals surface area contributed by atoms with Crippen molar-refractivity contribution in [1.29, 1.82) is 0 Å². The minimum Gasteiger partial charge on any atom is -0.335 e. The zero-order valence-electron chi connectivity index (χ0n) is 17.0. The van der Waals surface area contributed by atoms with Crippen molar-refractivity contribution in [3.05, 3.63) is 66.1 Å². The van der Waals surface area contributed by atoms with Gasteiger partial charge in [-0.15, -0.1) is 0 Å². The quantitative estimate of drug-likeness (QED) is 0.673. The van der Waals surface area contributed by atoms with Gasteiger partial charge in [-0.05, 0) is 42.5 Å². The molecule has 1 aliphatic heterocycles. The highest BCUT2D eigenvalue weighted by atomic mass is 16.2. The highest BCUT2D eigenvalue weighted by Gasteiger charge is 2.26. The van der Waals surface area contributed by atoms with E-state index < -0.39 is 0 Å². The summed E-state index contributed by atoms with van der Waals surface area (Å²) in [6, 6.07) is 12.2. The molecule has 1 fully saturated rings. The molecule has 1 saturated heterocycles. The monoisotopic (exact) mass is 418 g/mol. The van der Waals surface area contributed by atoms with Gasteiger partial charge in [0.15, 0.2) is 0 Å². The van der Waals surface area contributed by atoms with Crippen molar-refractivity contribution < 1.29 is 14.4 Å². The highest BCUT2D eigenvalue weighted by Crippen LogP contribution is 2.18. The van der Waals surface area contributed by atoms with Crippen LogP contribution in [-0.4, -0.2) is 68.9 Å². The summed E-state index contributed by atoms with van der Waals surface area (Å²) in [4.78, 5) is 44.1. The Morgan fingerprint density at radius 2 is 1.52 bits per heavy atom. The van der Waals surface area contributed by atoms with Crippen LogP contribution in [0.1, 0.15) is 27.8 Å². The topological polar surface area (TPSA) is 111 Å². The van der Waals surface area contributed by atoms with Crippen LogP contribution in [0.2, 0.25) is 0 Å². The van der Waals surface area contributed by atoms with Gasteiger partial charge in [0.2, 0.25) is 5.91 Å². The fourth-order valence-corrected chi connectivity index (χ4v) is 3.47. The molecule has 0 saturated carbocycles. The van der Waals surface area contributed by atoms with E-state index in [1.165, 1.54) is 6.92 Å². The lowest BCUT2D eigenvalue weighted by molar-refractivity contribution is -0.114. The van der Waals surface area contributed by atoms with E-state index >= 15 is 0 Å². The molecule has 1 aromatic carbocycles. The molecule has 31 heavy (non-hydrogen) atoms. The maximum atomic E-state index is 12.8. The third-order valence-electron chi connectivity index (χ3n) is 5.09. The van der Waals surface area contributed by atoms with E-state index in [9.17, 15) is 14.4 Å². The van der Waals surface area contributed by atoms with Crippen LogP contribution in [0.3, 0.4) is 0 Å². The molecule has 9 heteroatoms. The van der Waals surface area contributed by atoms with Crippen LogP contribution in [0.15, 0.2) is 54.9 Å². The number of carbonyl (C=O) groups excluding carboxylic acids is 3. The van der Waals surface area contributed by atoms with Gasteiger partial charge in [0.05, 0.1) is 5.69 Å². The Hall–Kier alpha value is -4.01. The molecule has 0 aliphatic carbocycles. The number of hydrogen-bond donors (Lipinski definition) is 2. The van der Waals surface area contributed by atoms with Crippen molar-refractivity contribution in [2.45, 2.75) is 6.92 Å². The van der Waals surface area contributed by atoms with Crippen LogP contribution >= 0.6 is 0 Å². The SMILES string of the molecule is CC(=O)Nc1ccc(C(=O)N2CCN(C(=O)c3cc(-c4ccncc4)n[nH]3)CC2)cc1. The lowest BCUT2D eigenvalue weighted by Crippen LogP contribution is -2.50. The average Bonchev–Trinajstić information content (AvgIpc) is 3.29. The molecular formula is C22H22N6O3. The molecular weight excluding hydrogens is 396 g/mol. The third kappa shape index (κ3) is 4.61. The molecule has 0 unspecified atom stereocenters. The second kappa shape index (κ2) is 8.78. The number of nitrogens with one attached hydrogen (secondary N) is 2. The Morgan fingerprint density at radius 3 is 2.13 bits per heavy atom. The van der Waals surface area contributed by atoms with Crippen LogP contribution in [0.4, 0.5) is 5.69 Å². The number of nitrogens with zero attached hydrogens (tertiary/aromatic N) is 4. The summed E-state index contributed by atoms with van der Waals surface area (Å²) < 4.78 is 0. The minimum absolute atomic E-state index is 0.0945. The molecule has 1 aliphatic rings. The van der Waals surface area contributed by atoms with Crippen molar-refractivity contribution in [3.63, 3.8) is 0 Å². The van der Waals surface area contributed by atoms with Crippen LogP contribution in [0.5, 0.6) is 0 Å². The second-order valence-electron chi connectivity index (χ2n) is 7.25. The summed E-state index contributed by atoms with van der Waals surface area (Å²) in [6.45, 7) is 3.21. The molecule has 2 aromatic heterocycles. The number of H-pyrrole nitrogens is 1. The maximum absolute atomic E-state index is 12.8. The number of carbonyl (C=O) groups is 3. The molecule has 158 valence electrons. The van der Waals surface area contributed by atoms with Crippen molar-refractivity contribution in [1.82, 2.24) is 25.0 Å². The first kappa shape index (κ1) is 20.3. The summed E-state index contributed by atoms with van der Waals surface area (Å²) in [6.07, 6.45) is 3.35. The van der Waals surface area contributed by atoms with Crippen LogP contribution in [0.25, 0.3) is 11.3 Å². The summed E-state index contributed by atoms with van der Waals surface area (Å²) in [5.74, 6) is -0.396. The molecule has 3 heterocycles. The zero-order valence-corrected chi connectivity index (χ0v) is 17.0. The summed E-state index contributed by atoms with van der Waals surface area (Å²) in [5, 5.41) is 9.70. The van der Waals surface area contributed by atoms with Gasteiger partial charge in [0.25, 0.3) is 11.8 Å². The number of amides is 3. The van der Waals surface area contributed by atoms with Crippen molar-refractivity contribution >= 4 is 23.4 Å². The van der Waals surface area contributed by atoms with Crippen LogP contribution < -0.4 is 5.32 Å². The predicted octanol–water partition coefficient (Wildman–Crippen LogP) is 2.03. The molecule has 9 nitrogen and oxygen atoms in total. The zero-order chi connectivity index (χ0) is 21.8. The Morgan fingerprint density at radius 1 is 0.903 bits per heavy atom. The Kier molecular flexibility index (Phi) is 5.74. The van der Waals surface area contributed by atoms with Gasteiger partial charge < -0.3 is 15.1 Å². The van der Waals surface area contributed by atoms with Crippen LogP contribution in [-0.2, 0) is 4.79 Å². The first-order valence-corrected chi connectivity index (χ1v) is 9.93. The van der Waals surface area contributed by atoms with E-state index in [4.69, 9.17) is 0 Å². The fraction of sp³-hybridized carbons (Fsp3) is 0.227. The standard InChI is InChI=1S/C22H22N6O3/c1-15(29)24-18-4-2-17(3-5-18)21(30)27-10-12-28(13-11-27)22(31)20-14-19(25-26-20)16-6-8-23-9-7-16/h2-9,14H,10-13H2,1H3,(H,24,29)(H,25,26). The van der Waals surface area contributed by atoms with E-state index in [1.54, 1.807) is 52.5 Å². The number of anilines is 1. The van der Waals surface area contributed by atoms with Crippen molar-refractivity contribution in [2.75, 3.05) is 31.5 Å². The number of aromatic amines is 1. The smallest absolute Gasteiger partial charge is 0.272 e. The molecule has 3 aromatic rings. The largest absolute Gasteiger partial charge is 0.335 e. The summed E-state index contributed by atoms with van der Waals surface area (Å²) in [5.41, 5.74) is 3.17. The Labute approximate surface area is 179 Å². The first-order chi connectivity index (χ1) is 15.0. The van der Waals surface area contributed by atoms with Crippen LogP contribution in [0, 0.1) is 0 Å². The number of rotatable bonds is 4. The maximum Gasteiger partial charge on any atom is 0.272 e. The summed E-state index contributed by atoms with van der Waals surface area (Å²) >= 11 is 0. The van der Waals surface area contributed by atoms with E-state index in [2.05, 4.69) is 20.5 Å². The first-order valence-electron chi connectivity index (χ1n) is 9.93. The molecule has 0 bridgehead atoms. The fourth-order valence-electron chi connectivity index (χ4n) is 3.47. The lowest BCUT2D eigenvalue weighted by atomic mass is 10.1. The molecule has 2 N–H and O–H groups in total. The average molecular weight is 418 g/mol. The van der Waals surface area contributed by atoms with E-state index in [0.717, 1.165) is 5.56 Å². The lowest BCUT2D eigenvalue weighted by Gasteiger charge is -2.34. The van der Waals surface area contributed by atoms with E-state index in [1.807, 2.05) is 12.1 Å². The molecule has 3 amide bonds. The molecule has 0 spiro atoms. The van der Waals surface area contributed by atoms with Crippen molar-refractivity contribution in [3.8, 4) is 11.3 Å². The van der Waals surface area contributed by atoms with Gasteiger partial charge >= 0.3 is 0 Å². The van der Waals surface area contributed by atoms with Gasteiger partial charge in [-0.2, -0.15) is 5.10 Å². The number of benzene rings is 1. The van der Waals surface area contributed by atoms with Gasteiger partial charge in [0, 0.05) is 62.3 Å². The number of aromatic nitrogens is 3. The second-order valence-corrected chi connectivity index (χ2v) is 7.25. The highest BCUT2D eigenvalue weighted by molar-refractivity contribution is 5.96. The van der Waals surface area contributed by atoms with Gasteiger partial charge in [-0.25, -0.2) is 0 Å². The Balaban J connectivity index is 1.35. The normalized spacial score (nSPS) is 13.7. The van der Waals surface area contributed by atoms with E-state index in [0.29, 0.717) is 48.8 Å². The van der Waals surface area contributed by atoms with Gasteiger partial charge in [-0.1, -0.05) is 0 Å². The predicted molar refractivity (Wildman–Crippen MR) is 114 cm³/mol. The Bertz CT molecular complexity index is 1090. The number of piperazine rings is 1.